The molecule has 0 fully saturated rings. The predicted molar refractivity (Wildman–Crippen MR) is 55.5 cm³/mol. The number of hydrogen-bond donors (Lipinski definition) is 2. The summed E-state index contributed by atoms with van der Waals surface area (Å²) in [5.74, 6) is 0. The first kappa shape index (κ1) is 13.9. The van der Waals surface area contributed by atoms with Crippen molar-refractivity contribution in [2.45, 2.75) is 57.3 Å². The van der Waals surface area contributed by atoms with E-state index in [1.165, 1.54) is 0 Å². The Kier molecular flexibility index (Phi) is 5.63. The molecule has 86 valence electrons. The van der Waals surface area contributed by atoms with E-state index in [0.29, 0.717) is 12.8 Å². The summed E-state index contributed by atoms with van der Waals surface area (Å²) < 4.78 is 30.8. The van der Waals surface area contributed by atoms with E-state index in [1.54, 1.807) is 6.92 Å². The zero-order valence-electron chi connectivity index (χ0n) is 8.86. The van der Waals surface area contributed by atoms with Gasteiger partial charge in [-0.2, -0.15) is 8.42 Å². The Bertz CT molecular complexity index is 248. The summed E-state index contributed by atoms with van der Waals surface area (Å²) in [5.41, 5.74) is 0. The van der Waals surface area contributed by atoms with Gasteiger partial charge in [0.25, 0.3) is 10.1 Å². The first-order chi connectivity index (χ1) is 6.37. The highest BCUT2D eigenvalue weighted by molar-refractivity contribution is 7.87. The highest BCUT2D eigenvalue weighted by Gasteiger charge is 2.38. The molecule has 0 aromatic carbocycles. The molecule has 0 spiro atoms. The maximum absolute atomic E-state index is 10.9. The summed E-state index contributed by atoms with van der Waals surface area (Å²) in [6.45, 7) is 3.77. The van der Waals surface area contributed by atoms with E-state index in [0.717, 1.165) is 12.8 Å². The smallest absolute Gasteiger partial charge is 0.294 e. The molecule has 1 unspecified atom stereocenters. The monoisotopic (exact) mass is 224 g/mol. The lowest BCUT2D eigenvalue weighted by molar-refractivity contribution is 0.0908. The van der Waals surface area contributed by atoms with Gasteiger partial charge in [0, 0.05) is 0 Å². The van der Waals surface area contributed by atoms with Crippen LogP contribution >= 0.6 is 0 Å². The fourth-order valence-electron chi connectivity index (χ4n) is 1.42. The molecule has 5 heteroatoms. The summed E-state index contributed by atoms with van der Waals surface area (Å²) in [6, 6.07) is 0. The molecular weight excluding hydrogens is 204 g/mol. The van der Waals surface area contributed by atoms with Crippen LogP contribution in [0.25, 0.3) is 0 Å². The summed E-state index contributed by atoms with van der Waals surface area (Å²) >= 11 is 0. The Morgan fingerprint density at radius 3 is 2.00 bits per heavy atom. The lowest BCUT2D eigenvalue weighted by Crippen LogP contribution is -2.38. The van der Waals surface area contributed by atoms with E-state index < -0.39 is 15.1 Å². The minimum Gasteiger partial charge on any atom is -0.372 e. The molecule has 0 aliphatic carbocycles. The van der Waals surface area contributed by atoms with Crippen LogP contribution in [-0.4, -0.2) is 23.0 Å². The van der Waals surface area contributed by atoms with Crippen LogP contribution in [0, 0.1) is 0 Å². The highest BCUT2D eigenvalue weighted by atomic mass is 32.2. The minimum atomic E-state index is -4.35. The van der Waals surface area contributed by atoms with Crippen LogP contribution in [0.3, 0.4) is 0 Å². The molecule has 0 aromatic heterocycles. The number of aliphatic hydroxyl groups is 1. The molecule has 0 heterocycles. The van der Waals surface area contributed by atoms with Gasteiger partial charge >= 0.3 is 0 Å². The van der Waals surface area contributed by atoms with Crippen LogP contribution in [0.4, 0.5) is 0 Å². The third kappa shape index (κ3) is 3.94. The summed E-state index contributed by atoms with van der Waals surface area (Å²) in [5, 5.41) is 9.74. The van der Waals surface area contributed by atoms with E-state index in [1.807, 2.05) is 6.92 Å². The van der Waals surface area contributed by atoms with E-state index >= 15 is 0 Å². The Hall–Kier alpha value is -0.130. The van der Waals surface area contributed by atoms with Crippen LogP contribution in [0.2, 0.25) is 0 Å². The van der Waals surface area contributed by atoms with Gasteiger partial charge in [-0.1, -0.05) is 33.1 Å². The van der Waals surface area contributed by atoms with Crippen molar-refractivity contribution in [1.29, 1.82) is 0 Å². The minimum absolute atomic E-state index is 0.0928. The lowest BCUT2D eigenvalue weighted by atomic mass is 10.1. The van der Waals surface area contributed by atoms with Crippen molar-refractivity contribution < 1.29 is 18.1 Å². The number of rotatable bonds is 7. The average molecular weight is 224 g/mol. The fraction of sp³-hybridized carbons (Fsp3) is 1.00. The van der Waals surface area contributed by atoms with Gasteiger partial charge < -0.3 is 5.11 Å². The Morgan fingerprint density at radius 1 is 1.07 bits per heavy atom. The first-order valence-corrected chi connectivity index (χ1v) is 6.51. The number of unbranched alkanes of at least 4 members (excludes halogenated alkanes) is 2. The number of hydrogen-bond acceptors (Lipinski definition) is 3. The van der Waals surface area contributed by atoms with Gasteiger partial charge in [0.05, 0.1) is 0 Å². The van der Waals surface area contributed by atoms with Crippen molar-refractivity contribution in [1.82, 2.24) is 0 Å². The maximum atomic E-state index is 10.9. The maximum Gasteiger partial charge on any atom is 0.294 e. The normalized spacial score (nSPS) is 16.6. The van der Waals surface area contributed by atoms with Crippen molar-refractivity contribution in [2.24, 2.45) is 0 Å². The molecule has 0 amide bonds. The Balaban J connectivity index is 4.41. The second-order valence-electron chi connectivity index (χ2n) is 3.63. The van der Waals surface area contributed by atoms with Gasteiger partial charge in [-0.05, 0) is 19.3 Å². The molecule has 0 radical (unpaired) electrons. The molecule has 2 N–H and O–H groups in total. The Labute approximate surface area is 86.1 Å². The standard InChI is InChI=1S/C9H20O4S/c1-3-5-6-8-9(10,7-4-2)14(11,12)13/h10H,3-8H2,1-2H3,(H,11,12,13). The molecule has 0 aliphatic rings. The van der Waals surface area contributed by atoms with E-state index in [4.69, 9.17) is 4.55 Å². The fourth-order valence-corrected chi connectivity index (χ4v) is 2.29. The molecule has 4 nitrogen and oxygen atoms in total. The van der Waals surface area contributed by atoms with Crippen molar-refractivity contribution in [3.05, 3.63) is 0 Å². The second-order valence-corrected chi connectivity index (χ2v) is 5.34. The molecule has 0 rings (SSSR count). The van der Waals surface area contributed by atoms with Crippen molar-refractivity contribution in [2.75, 3.05) is 0 Å². The molecular formula is C9H20O4S. The van der Waals surface area contributed by atoms with E-state index in [-0.39, 0.29) is 12.8 Å². The van der Waals surface area contributed by atoms with Crippen molar-refractivity contribution in [3.8, 4) is 0 Å². The van der Waals surface area contributed by atoms with Crippen LogP contribution in [0.15, 0.2) is 0 Å². The molecule has 0 aliphatic heterocycles. The zero-order chi connectivity index (χ0) is 11.2. The third-order valence-electron chi connectivity index (χ3n) is 2.29. The van der Waals surface area contributed by atoms with Gasteiger partial charge in [-0.3, -0.25) is 4.55 Å². The van der Waals surface area contributed by atoms with Crippen LogP contribution in [0.1, 0.15) is 52.4 Å². The largest absolute Gasteiger partial charge is 0.372 e. The molecule has 0 saturated heterocycles. The van der Waals surface area contributed by atoms with Crippen LogP contribution in [-0.2, 0) is 10.1 Å². The molecule has 14 heavy (non-hydrogen) atoms. The second kappa shape index (κ2) is 5.68. The molecule has 0 bridgehead atoms. The van der Waals surface area contributed by atoms with E-state index in [2.05, 4.69) is 0 Å². The van der Waals surface area contributed by atoms with Crippen LogP contribution < -0.4 is 0 Å². The zero-order valence-corrected chi connectivity index (χ0v) is 9.68. The first-order valence-electron chi connectivity index (χ1n) is 5.06. The summed E-state index contributed by atoms with van der Waals surface area (Å²) in [4.78, 5) is -1.93. The van der Waals surface area contributed by atoms with Crippen molar-refractivity contribution in [3.63, 3.8) is 0 Å². The van der Waals surface area contributed by atoms with Gasteiger partial charge in [0.2, 0.25) is 0 Å². The van der Waals surface area contributed by atoms with Gasteiger partial charge in [-0.25, -0.2) is 0 Å². The third-order valence-corrected chi connectivity index (χ3v) is 3.66. The lowest BCUT2D eigenvalue weighted by Gasteiger charge is -2.23. The summed E-state index contributed by atoms with van der Waals surface area (Å²) in [6.07, 6.45) is 3.17. The molecule has 1 atom stereocenters. The van der Waals surface area contributed by atoms with Gasteiger partial charge in [0.1, 0.15) is 0 Å². The summed E-state index contributed by atoms with van der Waals surface area (Å²) in [7, 11) is -4.35. The van der Waals surface area contributed by atoms with Crippen LogP contribution in [0.5, 0.6) is 0 Å². The average Bonchev–Trinajstić information content (AvgIpc) is 2.03. The molecule has 0 saturated carbocycles. The topological polar surface area (TPSA) is 74.6 Å². The Morgan fingerprint density at radius 2 is 1.64 bits per heavy atom. The van der Waals surface area contributed by atoms with Crippen molar-refractivity contribution >= 4 is 10.1 Å². The van der Waals surface area contributed by atoms with Gasteiger partial charge in [0.15, 0.2) is 4.93 Å². The van der Waals surface area contributed by atoms with Gasteiger partial charge in [-0.15, -0.1) is 0 Å². The van der Waals surface area contributed by atoms with E-state index in [9.17, 15) is 13.5 Å². The molecule has 0 aromatic rings. The SMILES string of the molecule is CCCCCC(O)(CCC)S(=O)(=O)O. The quantitative estimate of drug-likeness (QED) is 0.512. The highest BCUT2D eigenvalue weighted by Crippen LogP contribution is 2.26. The predicted octanol–water partition coefficient (Wildman–Crippen LogP) is 1.94.